The molecule has 0 fully saturated rings. The summed E-state index contributed by atoms with van der Waals surface area (Å²) >= 11 is 0. The van der Waals surface area contributed by atoms with Gasteiger partial charge in [0.25, 0.3) is 0 Å². The lowest BCUT2D eigenvalue weighted by molar-refractivity contribution is 0.543. The second-order valence-corrected chi connectivity index (χ2v) is 5.12. The Morgan fingerprint density at radius 2 is 0.812 bits per heavy atom. The van der Waals surface area contributed by atoms with E-state index in [2.05, 4.69) is 20.8 Å². The quantitative estimate of drug-likeness (QED) is 0.270. The third-order valence-electron chi connectivity index (χ3n) is 3.40. The second kappa shape index (κ2) is 12.9. The van der Waals surface area contributed by atoms with Crippen molar-refractivity contribution in [1.82, 2.24) is 0 Å². The van der Waals surface area contributed by atoms with Crippen LogP contribution in [0.4, 0.5) is 0 Å². The van der Waals surface area contributed by atoms with Crippen LogP contribution in [-0.4, -0.2) is 0 Å². The van der Waals surface area contributed by atoms with E-state index < -0.39 is 0 Å². The highest BCUT2D eigenvalue weighted by atomic mass is 14.1. The van der Waals surface area contributed by atoms with Crippen molar-refractivity contribution in [3.8, 4) is 0 Å². The lowest BCUT2D eigenvalue weighted by Crippen LogP contribution is -1.98. The van der Waals surface area contributed by atoms with Crippen LogP contribution in [0.3, 0.4) is 0 Å². The Balaban J connectivity index is 3.58. The van der Waals surface area contributed by atoms with E-state index in [0.29, 0.717) is 0 Å². The monoisotopic (exact) mass is 225 g/mol. The van der Waals surface area contributed by atoms with Gasteiger partial charge in [-0.3, -0.25) is 0 Å². The number of hydrogen-bond donors (Lipinski definition) is 0. The zero-order valence-corrected chi connectivity index (χ0v) is 12.0. The smallest absolute Gasteiger partial charge is 0.0654 e. The highest BCUT2D eigenvalue weighted by molar-refractivity contribution is 4.88. The van der Waals surface area contributed by atoms with Crippen molar-refractivity contribution in [3.05, 3.63) is 5.92 Å². The van der Waals surface area contributed by atoms with Gasteiger partial charge in [0, 0.05) is 0 Å². The Labute approximate surface area is 104 Å². The first-order valence-electron chi connectivity index (χ1n) is 7.68. The van der Waals surface area contributed by atoms with Crippen LogP contribution in [0, 0.1) is 5.92 Å². The molecular weight excluding hydrogens is 192 g/mol. The van der Waals surface area contributed by atoms with Gasteiger partial charge in [-0.25, -0.2) is 0 Å². The predicted octanol–water partition coefficient (Wildman–Crippen LogP) is 6.30. The van der Waals surface area contributed by atoms with Gasteiger partial charge in [-0.05, 0) is 38.5 Å². The van der Waals surface area contributed by atoms with Crippen LogP contribution in [0.5, 0.6) is 0 Å². The maximum Gasteiger partial charge on any atom is 0.0904 e. The van der Waals surface area contributed by atoms with Crippen molar-refractivity contribution >= 4 is 0 Å². The summed E-state index contributed by atoms with van der Waals surface area (Å²) in [4.78, 5) is 0. The van der Waals surface area contributed by atoms with Crippen LogP contribution in [0.2, 0.25) is 0 Å². The Kier molecular flexibility index (Phi) is 12.8. The molecule has 0 atom stereocenters. The molecule has 0 nitrogen and oxygen atoms in total. The number of rotatable bonds is 12. The summed E-state index contributed by atoms with van der Waals surface area (Å²) in [6, 6.07) is 0. The summed E-state index contributed by atoms with van der Waals surface area (Å²) in [5, 5.41) is 0. The van der Waals surface area contributed by atoms with E-state index in [9.17, 15) is 0 Å². The summed E-state index contributed by atoms with van der Waals surface area (Å²) in [5.41, 5.74) is 0. The molecule has 0 rings (SSSR count). The lowest BCUT2D eigenvalue weighted by Gasteiger charge is -2.06. The molecule has 0 unspecified atom stereocenters. The van der Waals surface area contributed by atoms with Crippen LogP contribution in [0.1, 0.15) is 97.8 Å². The Morgan fingerprint density at radius 3 is 1.06 bits per heavy atom. The molecule has 0 heterocycles. The molecule has 0 radical (unpaired) electrons. The van der Waals surface area contributed by atoms with Crippen LogP contribution in [0.25, 0.3) is 0 Å². The fraction of sp³-hybridized carbons (Fsp3) is 0.938. The minimum Gasteiger partial charge on any atom is -0.0654 e. The molecule has 0 saturated carbocycles. The summed E-state index contributed by atoms with van der Waals surface area (Å²) in [7, 11) is 0. The van der Waals surface area contributed by atoms with E-state index in [1.54, 1.807) is 0 Å². The summed E-state index contributed by atoms with van der Waals surface area (Å²) in [6.45, 7) is 6.90. The van der Waals surface area contributed by atoms with Crippen LogP contribution < -0.4 is 0 Å². The van der Waals surface area contributed by atoms with Crippen LogP contribution in [-0.2, 0) is 0 Å². The van der Waals surface area contributed by atoms with Crippen LogP contribution in [0.15, 0.2) is 0 Å². The van der Waals surface area contributed by atoms with Gasteiger partial charge < -0.3 is 0 Å². The fourth-order valence-corrected chi connectivity index (χ4v) is 2.25. The first-order chi connectivity index (χ1) is 7.85. The molecule has 0 aromatic rings. The van der Waals surface area contributed by atoms with Crippen LogP contribution >= 0.6 is 0 Å². The van der Waals surface area contributed by atoms with Crippen molar-refractivity contribution in [2.75, 3.05) is 0 Å². The maximum absolute atomic E-state index is 2.30. The zero-order valence-electron chi connectivity index (χ0n) is 12.0. The van der Waals surface area contributed by atoms with Crippen molar-refractivity contribution in [3.63, 3.8) is 0 Å². The van der Waals surface area contributed by atoms with E-state index in [-0.39, 0.29) is 0 Å². The van der Waals surface area contributed by atoms with E-state index in [1.807, 2.05) is 5.92 Å². The average molecular weight is 225 g/mol. The number of hydrogen-bond acceptors (Lipinski definition) is 0. The number of unbranched alkanes of at least 4 members (excludes halogenated alkanes) is 6. The molecule has 96 valence electrons. The lowest BCUT2D eigenvalue weighted by atomic mass is 9.90. The Bertz CT molecular complexity index is 93.4. The molecule has 0 aliphatic carbocycles. The molecule has 0 saturated heterocycles. The summed E-state index contributed by atoms with van der Waals surface area (Å²) in [6.07, 6.45) is 16.9. The average Bonchev–Trinajstić information content (AvgIpc) is 2.29. The molecule has 0 aliphatic heterocycles. The van der Waals surface area contributed by atoms with Gasteiger partial charge in [-0.15, -0.1) is 0 Å². The minimum absolute atomic E-state index is 1.36. The first-order valence-corrected chi connectivity index (χ1v) is 7.68. The van der Waals surface area contributed by atoms with Crippen molar-refractivity contribution in [1.29, 1.82) is 0 Å². The van der Waals surface area contributed by atoms with Gasteiger partial charge in [0.05, 0.1) is 25.2 Å². The molecule has 0 aromatic carbocycles. The second-order valence-electron chi connectivity index (χ2n) is 5.12. The third-order valence-corrected chi connectivity index (χ3v) is 3.40. The third kappa shape index (κ3) is 10.4. The van der Waals surface area contributed by atoms with Gasteiger partial charge >= 0.3 is 0 Å². The van der Waals surface area contributed by atoms with Crippen molar-refractivity contribution in [2.45, 2.75) is 97.8 Å². The molecule has 0 aliphatic rings. The topological polar surface area (TPSA) is 0 Å². The first kappa shape index (κ1) is 15.9. The zero-order chi connectivity index (χ0) is 12.1. The Hall–Kier alpha value is -0.130. The normalized spacial score (nSPS) is 10.7. The molecule has 0 amide bonds. The molecule has 16 heavy (non-hydrogen) atoms. The van der Waals surface area contributed by atoms with Crippen molar-refractivity contribution in [2.24, 2.45) is 0 Å². The van der Waals surface area contributed by atoms with Gasteiger partial charge in [-0.1, -0.05) is 40.0 Å². The van der Waals surface area contributed by atoms with E-state index in [0.717, 1.165) is 0 Å². The highest BCUT2D eigenvalue weighted by Gasteiger charge is 2.18. The molecule has 0 heteroatoms. The highest BCUT2D eigenvalue weighted by Crippen LogP contribution is 2.25. The standard InChI is InChI=1S/C16H33/c1-4-7-10-13-16(14-11-8-5-2)15-12-9-6-3/h4-15H2,1-3H3/q+1. The Morgan fingerprint density at radius 1 is 0.500 bits per heavy atom. The molecule has 0 bridgehead atoms. The largest absolute Gasteiger partial charge is 0.0904 e. The van der Waals surface area contributed by atoms with Gasteiger partial charge in [0.15, 0.2) is 0 Å². The molecule has 0 spiro atoms. The summed E-state index contributed by atoms with van der Waals surface area (Å²) < 4.78 is 0. The van der Waals surface area contributed by atoms with Gasteiger partial charge in [0.1, 0.15) is 0 Å². The van der Waals surface area contributed by atoms with Crippen molar-refractivity contribution < 1.29 is 0 Å². The van der Waals surface area contributed by atoms with Gasteiger partial charge in [-0.2, -0.15) is 0 Å². The predicted molar refractivity (Wildman–Crippen MR) is 75.7 cm³/mol. The fourth-order valence-electron chi connectivity index (χ4n) is 2.25. The van der Waals surface area contributed by atoms with E-state index in [1.165, 1.54) is 77.0 Å². The molecule has 0 aromatic heterocycles. The van der Waals surface area contributed by atoms with E-state index in [4.69, 9.17) is 0 Å². The summed E-state index contributed by atoms with van der Waals surface area (Å²) in [5.74, 6) is 1.87. The minimum atomic E-state index is 1.36. The maximum atomic E-state index is 2.30. The van der Waals surface area contributed by atoms with E-state index >= 15 is 0 Å². The van der Waals surface area contributed by atoms with Gasteiger partial charge in [0.2, 0.25) is 0 Å². The SMILES string of the molecule is CCCCC[C+](CCCCC)CCCCC. The molecule has 0 N–H and O–H groups in total. The molecular formula is C16H33+.